The number of aromatic nitrogens is 2. The van der Waals surface area contributed by atoms with E-state index in [9.17, 15) is 14.7 Å². The number of nitrogens with zero attached hydrogens (tertiary/aromatic N) is 2. The molecule has 30 heavy (non-hydrogen) atoms. The Hall–Kier alpha value is -3.39. The summed E-state index contributed by atoms with van der Waals surface area (Å²) in [4.78, 5) is 27.2. The highest BCUT2D eigenvalue weighted by atomic mass is 16.3. The Morgan fingerprint density at radius 2 is 2.03 bits per heavy atom. The van der Waals surface area contributed by atoms with E-state index in [1.165, 1.54) is 0 Å². The molecule has 2 aromatic heterocycles. The molecule has 1 aliphatic heterocycles. The van der Waals surface area contributed by atoms with Crippen molar-refractivity contribution in [2.75, 3.05) is 18.4 Å². The van der Waals surface area contributed by atoms with Crippen LogP contribution in [0.5, 0.6) is 0 Å². The fourth-order valence-corrected chi connectivity index (χ4v) is 3.76. The van der Waals surface area contributed by atoms with Crippen molar-refractivity contribution in [3.8, 4) is 0 Å². The second-order valence-electron chi connectivity index (χ2n) is 7.69. The normalized spacial score (nSPS) is 18.6. The van der Waals surface area contributed by atoms with Gasteiger partial charge in [-0.05, 0) is 50.6 Å². The maximum atomic E-state index is 13.2. The number of β-amino-alcohol motifs (C(OH)–C–C–N with tert-alkyl or cyclic N) is 1. The molecule has 1 fully saturated rings. The third kappa shape index (κ3) is 4.13. The van der Waals surface area contributed by atoms with Crippen molar-refractivity contribution in [2.45, 2.75) is 26.4 Å². The highest BCUT2D eigenvalue weighted by Gasteiger charge is 2.35. The van der Waals surface area contributed by atoms with Crippen molar-refractivity contribution in [1.29, 1.82) is 0 Å². The number of aromatic amines is 1. The lowest BCUT2D eigenvalue weighted by Gasteiger charge is -2.18. The van der Waals surface area contributed by atoms with Gasteiger partial charge in [0.2, 0.25) is 0 Å². The molecular weight excluding hydrogens is 384 g/mol. The minimum absolute atomic E-state index is 0.0931. The zero-order chi connectivity index (χ0) is 21.3. The van der Waals surface area contributed by atoms with E-state index in [0.29, 0.717) is 30.0 Å². The van der Waals surface area contributed by atoms with E-state index in [0.717, 1.165) is 11.4 Å². The van der Waals surface area contributed by atoms with Crippen LogP contribution >= 0.6 is 0 Å². The van der Waals surface area contributed by atoms with E-state index in [1.807, 2.05) is 13.0 Å². The quantitative estimate of drug-likeness (QED) is 0.601. The predicted molar refractivity (Wildman–Crippen MR) is 110 cm³/mol. The van der Waals surface area contributed by atoms with Gasteiger partial charge >= 0.3 is 0 Å². The van der Waals surface area contributed by atoms with E-state index in [-0.39, 0.29) is 24.1 Å². The molecule has 156 valence electrons. The fraction of sp³-hybridized carbons (Fsp3) is 0.318. The van der Waals surface area contributed by atoms with E-state index < -0.39 is 12.0 Å². The zero-order valence-electron chi connectivity index (χ0n) is 16.9. The molecule has 3 aromatic rings. The van der Waals surface area contributed by atoms with Gasteiger partial charge in [0.15, 0.2) is 5.76 Å². The van der Waals surface area contributed by atoms with Gasteiger partial charge in [0.1, 0.15) is 5.76 Å². The lowest BCUT2D eigenvalue weighted by atomic mass is 10.00. The number of amides is 2. The van der Waals surface area contributed by atoms with Crippen molar-refractivity contribution in [3.05, 3.63) is 70.9 Å². The molecule has 8 heteroatoms. The molecular formula is C22H24N4O4. The van der Waals surface area contributed by atoms with Gasteiger partial charge in [0.25, 0.3) is 11.8 Å². The second kappa shape index (κ2) is 8.16. The minimum Gasteiger partial charge on any atom is -0.456 e. The number of furan rings is 1. The molecule has 0 aliphatic carbocycles. The van der Waals surface area contributed by atoms with Crippen molar-refractivity contribution >= 4 is 17.5 Å². The van der Waals surface area contributed by atoms with E-state index in [1.54, 1.807) is 48.2 Å². The first kappa shape index (κ1) is 19.9. The number of anilines is 1. The second-order valence-corrected chi connectivity index (χ2v) is 7.69. The third-order valence-electron chi connectivity index (χ3n) is 5.29. The fourth-order valence-electron chi connectivity index (χ4n) is 3.76. The van der Waals surface area contributed by atoms with Crippen molar-refractivity contribution in [2.24, 2.45) is 5.92 Å². The van der Waals surface area contributed by atoms with Crippen LogP contribution in [0.15, 0.2) is 46.9 Å². The molecule has 1 saturated heterocycles. The first-order chi connectivity index (χ1) is 14.4. The first-order valence-electron chi connectivity index (χ1n) is 9.85. The summed E-state index contributed by atoms with van der Waals surface area (Å²) in [5.74, 6) is 0.0665. The Balaban J connectivity index is 1.47. The zero-order valence-corrected chi connectivity index (χ0v) is 16.9. The SMILES string of the molecule is Cc1cc(C[C@@H]2CN(C(=O)c3ccccc3NC(=O)c3ccc(C)o3)C[C@@H]2O)n[nH]1. The van der Waals surface area contributed by atoms with Gasteiger partial charge in [-0.15, -0.1) is 0 Å². The number of hydrogen-bond acceptors (Lipinski definition) is 5. The maximum Gasteiger partial charge on any atom is 0.291 e. The Morgan fingerprint density at radius 3 is 2.73 bits per heavy atom. The molecule has 0 bridgehead atoms. The molecule has 8 nitrogen and oxygen atoms in total. The number of rotatable bonds is 5. The van der Waals surface area contributed by atoms with Gasteiger partial charge < -0.3 is 19.7 Å². The lowest BCUT2D eigenvalue weighted by molar-refractivity contribution is 0.0765. The van der Waals surface area contributed by atoms with Gasteiger partial charge in [-0.25, -0.2) is 0 Å². The smallest absolute Gasteiger partial charge is 0.291 e. The predicted octanol–water partition coefficient (Wildman–Crippen LogP) is 2.55. The largest absolute Gasteiger partial charge is 0.456 e. The summed E-state index contributed by atoms with van der Waals surface area (Å²) in [6.45, 7) is 4.35. The average molecular weight is 408 g/mol. The van der Waals surface area contributed by atoms with E-state index >= 15 is 0 Å². The molecule has 4 rings (SSSR count). The number of likely N-dealkylation sites (tertiary alicyclic amines) is 1. The summed E-state index contributed by atoms with van der Waals surface area (Å²) in [5.41, 5.74) is 2.61. The summed E-state index contributed by atoms with van der Waals surface area (Å²) < 4.78 is 5.36. The summed E-state index contributed by atoms with van der Waals surface area (Å²) in [5, 5.41) is 20.3. The van der Waals surface area contributed by atoms with Crippen molar-refractivity contribution < 1.29 is 19.1 Å². The molecule has 2 atom stereocenters. The summed E-state index contributed by atoms with van der Waals surface area (Å²) in [7, 11) is 0. The number of carbonyl (C=O) groups excluding carboxylic acids is 2. The Labute approximate surface area is 173 Å². The van der Waals surface area contributed by atoms with Gasteiger partial charge in [-0.2, -0.15) is 5.10 Å². The standard InChI is InChI=1S/C22H24N4O4/c1-13-9-16(25-24-13)10-15-11-26(12-19(15)27)22(29)17-5-3-4-6-18(17)23-21(28)20-8-7-14(2)30-20/h3-9,15,19,27H,10-12H2,1-2H3,(H,23,28)(H,24,25)/t15-,19+/m1/s1. The van der Waals surface area contributed by atoms with Gasteiger partial charge in [-0.3, -0.25) is 14.7 Å². The summed E-state index contributed by atoms with van der Waals surface area (Å²) in [6, 6.07) is 12.1. The number of nitrogens with one attached hydrogen (secondary N) is 2. The first-order valence-corrected chi connectivity index (χ1v) is 9.85. The van der Waals surface area contributed by atoms with E-state index in [4.69, 9.17) is 4.42 Å². The summed E-state index contributed by atoms with van der Waals surface area (Å²) in [6.07, 6.45) is -0.0373. The minimum atomic E-state index is -0.626. The van der Waals surface area contributed by atoms with Crippen LogP contribution in [0.2, 0.25) is 0 Å². The maximum absolute atomic E-state index is 13.2. The van der Waals surface area contributed by atoms with Crippen LogP contribution in [-0.2, 0) is 6.42 Å². The number of aliphatic hydroxyl groups excluding tert-OH is 1. The monoisotopic (exact) mass is 408 g/mol. The molecule has 0 radical (unpaired) electrons. The Bertz CT molecular complexity index is 1070. The molecule has 0 unspecified atom stereocenters. The number of aliphatic hydroxyl groups is 1. The van der Waals surface area contributed by atoms with Gasteiger partial charge in [0, 0.05) is 24.7 Å². The number of H-pyrrole nitrogens is 1. The number of aryl methyl sites for hydroxylation is 2. The van der Waals surface area contributed by atoms with Crippen LogP contribution in [0.25, 0.3) is 0 Å². The van der Waals surface area contributed by atoms with Gasteiger partial charge in [-0.1, -0.05) is 12.1 Å². The van der Waals surface area contributed by atoms with Crippen LogP contribution in [0, 0.1) is 19.8 Å². The van der Waals surface area contributed by atoms with Crippen LogP contribution < -0.4 is 5.32 Å². The molecule has 0 spiro atoms. The lowest BCUT2D eigenvalue weighted by Crippen LogP contribution is -2.30. The molecule has 1 aromatic carbocycles. The van der Waals surface area contributed by atoms with Crippen molar-refractivity contribution in [3.63, 3.8) is 0 Å². The number of hydrogen-bond donors (Lipinski definition) is 3. The van der Waals surface area contributed by atoms with Crippen LogP contribution in [-0.4, -0.2) is 51.2 Å². The topological polar surface area (TPSA) is 111 Å². The van der Waals surface area contributed by atoms with Crippen LogP contribution in [0.1, 0.15) is 38.1 Å². The molecule has 1 aliphatic rings. The number of para-hydroxylation sites is 1. The molecule has 2 amide bonds. The average Bonchev–Trinajstić information content (AvgIpc) is 3.43. The van der Waals surface area contributed by atoms with Gasteiger partial charge in [0.05, 0.1) is 23.0 Å². The van der Waals surface area contributed by atoms with Crippen LogP contribution in [0.4, 0.5) is 5.69 Å². The van der Waals surface area contributed by atoms with Crippen LogP contribution in [0.3, 0.4) is 0 Å². The molecule has 0 saturated carbocycles. The summed E-state index contributed by atoms with van der Waals surface area (Å²) >= 11 is 0. The van der Waals surface area contributed by atoms with Crippen molar-refractivity contribution in [1.82, 2.24) is 15.1 Å². The van der Waals surface area contributed by atoms with E-state index in [2.05, 4.69) is 15.5 Å². The highest BCUT2D eigenvalue weighted by Crippen LogP contribution is 2.25. The number of carbonyl (C=O) groups is 2. The Morgan fingerprint density at radius 1 is 1.23 bits per heavy atom. The third-order valence-corrected chi connectivity index (χ3v) is 5.29. The highest BCUT2D eigenvalue weighted by molar-refractivity contribution is 6.08. The Kier molecular flexibility index (Phi) is 5.41. The molecule has 3 heterocycles. The number of benzene rings is 1. The molecule has 3 N–H and O–H groups in total.